The van der Waals surface area contributed by atoms with Crippen LogP contribution in [0.1, 0.15) is 16.1 Å². The van der Waals surface area contributed by atoms with E-state index >= 15 is 0 Å². The molecule has 0 spiro atoms. The van der Waals surface area contributed by atoms with Gasteiger partial charge >= 0.3 is 0 Å². The highest BCUT2D eigenvalue weighted by molar-refractivity contribution is 6.02. The first-order chi connectivity index (χ1) is 13.1. The van der Waals surface area contributed by atoms with Gasteiger partial charge in [-0.1, -0.05) is 30.3 Å². The van der Waals surface area contributed by atoms with Crippen molar-refractivity contribution in [3.05, 3.63) is 82.3 Å². The number of benzene rings is 2. The van der Waals surface area contributed by atoms with Crippen molar-refractivity contribution in [2.75, 3.05) is 19.5 Å². The van der Waals surface area contributed by atoms with Crippen LogP contribution in [-0.2, 0) is 6.54 Å². The fraction of sp³-hybridized carbons (Fsp3) is 0.150. The first-order valence-corrected chi connectivity index (χ1v) is 8.25. The van der Waals surface area contributed by atoms with Crippen LogP contribution >= 0.6 is 0 Å². The maximum Gasteiger partial charge on any atom is 0.276 e. The van der Waals surface area contributed by atoms with Gasteiger partial charge in [0.15, 0.2) is 0 Å². The summed E-state index contributed by atoms with van der Waals surface area (Å²) in [7, 11) is 3.06. The fourth-order valence-electron chi connectivity index (χ4n) is 2.51. The van der Waals surface area contributed by atoms with E-state index < -0.39 is 5.91 Å². The molecule has 0 aliphatic heterocycles. The molecule has 1 heterocycles. The van der Waals surface area contributed by atoms with E-state index in [2.05, 4.69) is 10.4 Å². The van der Waals surface area contributed by atoms with Crippen molar-refractivity contribution in [3.8, 4) is 11.5 Å². The molecular weight excluding hydrogens is 346 g/mol. The Kier molecular flexibility index (Phi) is 5.51. The molecule has 2 aromatic carbocycles. The van der Waals surface area contributed by atoms with E-state index in [1.165, 1.54) is 31.0 Å². The number of carbonyl (C=O) groups is 1. The molecule has 1 amide bonds. The minimum Gasteiger partial charge on any atom is -0.497 e. The van der Waals surface area contributed by atoms with E-state index in [1.54, 1.807) is 18.2 Å². The molecule has 0 saturated heterocycles. The van der Waals surface area contributed by atoms with Crippen LogP contribution in [0.25, 0.3) is 0 Å². The monoisotopic (exact) mass is 365 g/mol. The molecule has 1 N–H and O–H groups in total. The molecule has 0 atom stereocenters. The number of carbonyl (C=O) groups excluding carboxylic acids is 1. The number of anilines is 1. The lowest BCUT2D eigenvalue weighted by Crippen LogP contribution is -2.26. The quantitative estimate of drug-likeness (QED) is 0.726. The van der Waals surface area contributed by atoms with Crippen molar-refractivity contribution < 1.29 is 14.3 Å². The third kappa shape index (κ3) is 4.52. The third-order valence-corrected chi connectivity index (χ3v) is 3.88. The normalized spacial score (nSPS) is 10.3. The average Bonchev–Trinajstić information content (AvgIpc) is 2.70. The van der Waals surface area contributed by atoms with Crippen molar-refractivity contribution in [3.63, 3.8) is 0 Å². The van der Waals surface area contributed by atoms with Crippen molar-refractivity contribution in [1.29, 1.82) is 0 Å². The van der Waals surface area contributed by atoms with E-state index in [9.17, 15) is 9.59 Å². The molecule has 7 heteroatoms. The molecule has 0 aliphatic rings. The topological polar surface area (TPSA) is 82.5 Å². The summed E-state index contributed by atoms with van der Waals surface area (Å²) in [4.78, 5) is 24.6. The second-order valence-electron chi connectivity index (χ2n) is 5.76. The molecule has 138 valence electrons. The Morgan fingerprint density at radius 3 is 2.30 bits per heavy atom. The molecule has 0 unspecified atom stereocenters. The number of hydrogen-bond acceptors (Lipinski definition) is 5. The Hall–Kier alpha value is -3.61. The van der Waals surface area contributed by atoms with Gasteiger partial charge in [0.05, 0.1) is 20.8 Å². The van der Waals surface area contributed by atoms with Crippen LogP contribution in [0.15, 0.2) is 65.5 Å². The summed E-state index contributed by atoms with van der Waals surface area (Å²) >= 11 is 0. The van der Waals surface area contributed by atoms with Gasteiger partial charge in [0, 0.05) is 30.0 Å². The van der Waals surface area contributed by atoms with Crippen molar-refractivity contribution in [2.45, 2.75) is 6.54 Å². The smallest absolute Gasteiger partial charge is 0.276 e. The van der Waals surface area contributed by atoms with Gasteiger partial charge in [-0.25, -0.2) is 4.68 Å². The summed E-state index contributed by atoms with van der Waals surface area (Å²) in [6, 6.07) is 17.2. The van der Waals surface area contributed by atoms with Gasteiger partial charge in [-0.2, -0.15) is 5.10 Å². The minimum absolute atomic E-state index is 0.132. The molecular formula is C20H19N3O4. The van der Waals surface area contributed by atoms with Crippen LogP contribution in [0, 0.1) is 0 Å². The number of methoxy groups -OCH3 is 2. The van der Waals surface area contributed by atoms with E-state index in [1.807, 2.05) is 30.3 Å². The van der Waals surface area contributed by atoms with Crippen LogP contribution < -0.4 is 20.3 Å². The first kappa shape index (κ1) is 18.2. The molecule has 0 aliphatic carbocycles. The van der Waals surface area contributed by atoms with Crippen LogP contribution in [0.2, 0.25) is 0 Å². The van der Waals surface area contributed by atoms with Crippen molar-refractivity contribution in [2.24, 2.45) is 0 Å². The largest absolute Gasteiger partial charge is 0.497 e. The van der Waals surface area contributed by atoms with Gasteiger partial charge in [-0.15, -0.1) is 0 Å². The summed E-state index contributed by atoms with van der Waals surface area (Å²) in [6.45, 7) is 0.285. The second-order valence-corrected chi connectivity index (χ2v) is 5.76. The van der Waals surface area contributed by atoms with E-state index in [-0.39, 0.29) is 17.8 Å². The molecule has 27 heavy (non-hydrogen) atoms. The number of rotatable bonds is 6. The average molecular weight is 365 g/mol. The van der Waals surface area contributed by atoms with E-state index in [0.717, 1.165) is 5.56 Å². The van der Waals surface area contributed by atoms with Crippen LogP contribution in [0.5, 0.6) is 11.5 Å². The highest BCUT2D eigenvalue weighted by Crippen LogP contribution is 2.25. The highest BCUT2D eigenvalue weighted by Gasteiger charge is 2.12. The summed E-state index contributed by atoms with van der Waals surface area (Å²) in [5.41, 5.74) is 1.27. The predicted octanol–water partition coefficient (Wildman–Crippen LogP) is 2.56. The van der Waals surface area contributed by atoms with Crippen molar-refractivity contribution >= 4 is 11.6 Å². The lowest BCUT2D eigenvalue weighted by atomic mass is 10.2. The van der Waals surface area contributed by atoms with Gasteiger partial charge in [0.1, 0.15) is 17.2 Å². The SMILES string of the molecule is COc1cc(NC(=O)c2ccc(=O)n(Cc3ccccc3)n2)cc(OC)c1. The zero-order valence-corrected chi connectivity index (χ0v) is 15.0. The third-order valence-electron chi connectivity index (χ3n) is 3.88. The van der Waals surface area contributed by atoms with Gasteiger partial charge in [-0.3, -0.25) is 9.59 Å². The molecule has 0 saturated carbocycles. The Bertz CT molecular complexity index is 977. The summed E-state index contributed by atoms with van der Waals surface area (Å²) in [5.74, 6) is 0.658. The lowest BCUT2D eigenvalue weighted by molar-refractivity contribution is 0.102. The van der Waals surface area contributed by atoms with Crippen LogP contribution in [-0.4, -0.2) is 29.9 Å². The van der Waals surface area contributed by atoms with Crippen LogP contribution in [0.3, 0.4) is 0 Å². The Balaban J connectivity index is 1.83. The number of nitrogens with zero attached hydrogens (tertiary/aromatic N) is 2. The van der Waals surface area contributed by atoms with Gasteiger partial charge in [-0.05, 0) is 11.6 Å². The van der Waals surface area contributed by atoms with Crippen LogP contribution in [0.4, 0.5) is 5.69 Å². The molecule has 3 aromatic rings. The van der Waals surface area contributed by atoms with Crippen molar-refractivity contribution in [1.82, 2.24) is 9.78 Å². The van der Waals surface area contributed by atoms with Gasteiger partial charge < -0.3 is 14.8 Å². The molecule has 7 nitrogen and oxygen atoms in total. The highest BCUT2D eigenvalue weighted by atomic mass is 16.5. The zero-order chi connectivity index (χ0) is 19.2. The molecule has 0 bridgehead atoms. The number of ether oxygens (including phenoxy) is 2. The van der Waals surface area contributed by atoms with E-state index in [0.29, 0.717) is 17.2 Å². The number of hydrogen-bond donors (Lipinski definition) is 1. The second kappa shape index (κ2) is 8.18. The summed E-state index contributed by atoms with van der Waals surface area (Å²) < 4.78 is 11.6. The van der Waals surface area contributed by atoms with Gasteiger partial charge in [0.25, 0.3) is 11.5 Å². The zero-order valence-electron chi connectivity index (χ0n) is 15.0. The number of aromatic nitrogens is 2. The Morgan fingerprint density at radius 2 is 1.67 bits per heavy atom. The molecule has 0 radical (unpaired) electrons. The fourth-order valence-corrected chi connectivity index (χ4v) is 2.51. The number of amides is 1. The Morgan fingerprint density at radius 1 is 1.00 bits per heavy atom. The summed E-state index contributed by atoms with van der Waals surface area (Å²) in [5, 5.41) is 6.92. The standard InChI is InChI=1S/C20H19N3O4/c1-26-16-10-15(11-17(12-16)27-2)21-20(25)18-8-9-19(24)23(22-18)13-14-6-4-3-5-7-14/h3-12H,13H2,1-2H3,(H,21,25). The van der Waals surface area contributed by atoms with Gasteiger partial charge in [0.2, 0.25) is 0 Å². The Labute approximate surface area is 156 Å². The molecule has 1 aromatic heterocycles. The maximum absolute atomic E-state index is 12.6. The number of nitrogens with one attached hydrogen (secondary N) is 1. The maximum atomic E-state index is 12.6. The minimum atomic E-state index is -0.438. The predicted molar refractivity (Wildman–Crippen MR) is 102 cm³/mol. The molecule has 3 rings (SSSR count). The first-order valence-electron chi connectivity index (χ1n) is 8.25. The lowest BCUT2D eigenvalue weighted by Gasteiger charge is -2.10. The van der Waals surface area contributed by atoms with E-state index in [4.69, 9.17) is 9.47 Å². The summed E-state index contributed by atoms with van der Waals surface area (Å²) in [6.07, 6.45) is 0. The molecule has 0 fully saturated rings.